The Balaban J connectivity index is 2.28. The molecule has 1 heterocycles. The van der Waals surface area contributed by atoms with Crippen LogP contribution in [-0.2, 0) is 0 Å². The molecule has 2 atom stereocenters. The minimum absolute atomic E-state index is 0.0768. The summed E-state index contributed by atoms with van der Waals surface area (Å²) in [5.74, 6) is 0.289. The molecule has 6 heteroatoms. The van der Waals surface area contributed by atoms with Crippen LogP contribution in [-0.4, -0.2) is 27.2 Å². The van der Waals surface area contributed by atoms with Gasteiger partial charge in [0.05, 0.1) is 6.10 Å². The first-order valence-corrected chi connectivity index (χ1v) is 5.73. The molecule has 17 heavy (non-hydrogen) atoms. The van der Waals surface area contributed by atoms with E-state index in [1.165, 1.54) is 0 Å². The summed E-state index contributed by atoms with van der Waals surface area (Å²) >= 11 is 5.51. The van der Waals surface area contributed by atoms with Crippen LogP contribution in [0.4, 0.5) is 6.01 Å². The smallest absolute Gasteiger partial charge is 0.292 e. The molecular weight excluding hydrogens is 244 g/mol. The van der Waals surface area contributed by atoms with Crippen molar-refractivity contribution in [3.8, 4) is 0 Å². The third kappa shape index (κ3) is 2.52. The van der Waals surface area contributed by atoms with Crippen molar-refractivity contribution in [2.45, 2.75) is 18.6 Å². The third-order valence-corrected chi connectivity index (χ3v) is 2.76. The molecule has 2 aromatic rings. The zero-order chi connectivity index (χ0) is 12.4. The fourth-order valence-corrected chi connectivity index (χ4v) is 1.86. The number of aliphatic hydroxyl groups excluding tert-OH is 2. The van der Waals surface area contributed by atoms with Crippen molar-refractivity contribution in [1.82, 2.24) is 4.98 Å². The maximum atomic E-state index is 9.89. The molecule has 0 aliphatic carbocycles. The number of benzene rings is 1. The lowest BCUT2D eigenvalue weighted by Gasteiger charge is -2.16. The van der Waals surface area contributed by atoms with Crippen LogP contribution < -0.4 is 5.73 Å². The van der Waals surface area contributed by atoms with Crippen LogP contribution in [0.3, 0.4) is 0 Å². The summed E-state index contributed by atoms with van der Waals surface area (Å²) < 4.78 is 5.11. The van der Waals surface area contributed by atoms with Gasteiger partial charge >= 0.3 is 0 Å². The standard InChI is InChI=1S/C11H13ClN2O3/c12-4-3-8(15)10(16)6-1-2-9-7(5-6)14-11(13)17-9/h1-2,5,8,10,15-16H,3-4H2,(H2,13,14). The number of nitrogen functional groups attached to an aromatic ring is 1. The van der Waals surface area contributed by atoms with E-state index in [0.717, 1.165) is 0 Å². The number of nitrogens with two attached hydrogens (primary N) is 1. The van der Waals surface area contributed by atoms with Gasteiger partial charge in [-0.25, -0.2) is 0 Å². The Labute approximate surface area is 103 Å². The Morgan fingerprint density at radius 3 is 2.88 bits per heavy atom. The lowest BCUT2D eigenvalue weighted by atomic mass is 10.0. The van der Waals surface area contributed by atoms with Crippen LogP contribution in [0.2, 0.25) is 0 Å². The second-order valence-electron chi connectivity index (χ2n) is 3.77. The van der Waals surface area contributed by atoms with Gasteiger partial charge in [-0.1, -0.05) is 6.07 Å². The van der Waals surface area contributed by atoms with E-state index in [-0.39, 0.29) is 11.9 Å². The van der Waals surface area contributed by atoms with Crippen LogP contribution in [0.1, 0.15) is 18.1 Å². The number of fused-ring (bicyclic) bond motifs is 1. The number of rotatable bonds is 4. The zero-order valence-electron chi connectivity index (χ0n) is 9.01. The van der Waals surface area contributed by atoms with Crippen molar-refractivity contribution in [3.63, 3.8) is 0 Å². The second-order valence-corrected chi connectivity index (χ2v) is 4.15. The zero-order valence-corrected chi connectivity index (χ0v) is 9.76. The van der Waals surface area contributed by atoms with Crippen molar-refractivity contribution in [3.05, 3.63) is 23.8 Å². The van der Waals surface area contributed by atoms with Crippen LogP contribution in [0, 0.1) is 0 Å². The van der Waals surface area contributed by atoms with Gasteiger partial charge in [0.2, 0.25) is 0 Å². The molecule has 0 radical (unpaired) electrons. The van der Waals surface area contributed by atoms with Gasteiger partial charge in [-0.05, 0) is 24.1 Å². The average molecular weight is 257 g/mol. The molecular formula is C11H13ClN2O3. The van der Waals surface area contributed by atoms with Gasteiger partial charge in [-0.2, -0.15) is 4.98 Å². The number of hydrogen-bond acceptors (Lipinski definition) is 5. The normalized spacial score (nSPS) is 15.0. The van der Waals surface area contributed by atoms with Crippen molar-refractivity contribution in [2.75, 3.05) is 11.6 Å². The van der Waals surface area contributed by atoms with Crippen LogP contribution in [0.15, 0.2) is 22.6 Å². The van der Waals surface area contributed by atoms with E-state index >= 15 is 0 Å². The molecule has 0 amide bonds. The predicted octanol–water partition coefficient (Wildman–Crippen LogP) is 1.43. The lowest BCUT2D eigenvalue weighted by molar-refractivity contribution is 0.0170. The van der Waals surface area contributed by atoms with Gasteiger partial charge in [-0.3, -0.25) is 0 Å². The Morgan fingerprint density at radius 2 is 2.18 bits per heavy atom. The van der Waals surface area contributed by atoms with E-state index in [9.17, 15) is 10.2 Å². The molecule has 5 nitrogen and oxygen atoms in total. The molecule has 0 saturated carbocycles. The van der Waals surface area contributed by atoms with Crippen molar-refractivity contribution < 1.29 is 14.6 Å². The maximum absolute atomic E-state index is 9.89. The minimum Gasteiger partial charge on any atom is -0.424 e. The minimum atomic E-state index is -0.990. The average Bonchev–Trinajstić information content (AvgIpc) is 2.67. The van der Waals surface area contributed by atoms with Crippen molar-refractivity contribution >= 4 is 28.7 Å². The molecule has 2 rings (SSSR count). The van der Waals surface area contributed by atoms with Crippen molar-refractivity contribution in [2.24, 2.45) is 0 Å². The number of oxazole rings is 1. The van der Waals surface area contributed by atoms with Crippen LogP contribution in [0.5, 0.6) is 0 Å². The fraction of sp³-hybridized carbons (Fsp3) is 0.364. The predicted molar refractivity (Wildman–Crippen MR) is 64.7 cm³/mol. The fourth-order valence-electron chi connectivity index (χ4n) is 1.64. The first-order valence-electron chi connectivity index (χ1n) is 5.20. The Kier molecular flexibility index (Phi) is 3.51. The summed E-state index contributed by atoms with van der Waals surface area (Å²) in [6.45, 7) is 0. The van der Waals surface area contributed by atoms with E-state index in [1.807, 2.05) is 0 Å². The van der Waals surface area contributed by atoms with Gasteiger partial charge in [0.15, 0.2) is 5.58 Å². The summed E-state index contributed by atoms with van der Waals surface area (Å²) in [5, 5.41) is 19.5. The van der Waals surface area contributed by atoms with E-state index < -0.39 is 12.2 Å². The van der Waals surface area contributed by atoms with Gasteiger partial charge < -0.3 is 20.4 Å². The monoisotopic (exact) mass is 256 g/mol. The number of aromatic nitrogens is 1. The SMILES string of the molecule is Nc1nc2cc(C(O)C(O)CCCl)ccc2o1. The highest BCUT2D eigenvalue weighted by molar-refractivity contribution is 6.17. The number of halogens is 1. The van der Waals surface area contributed by atoms with Gasteiger partial charge in [0.1, 0.15) is 11.6 Å². The molecule has 0 aliphatic rings. The maximum Gasteiger partial charge on any atom is 0.292 e. The van der Waals surface area contributed by atoms with Gasteiger partial charge in [0, 0.05) is 5.88 Å². The highest BCUT2D eigenvalue weighted by atomic mass is 35.5. The summed E-state index contributed by atoms with van der Waals surface area (Å²) in [6.07, 6.45) is -1.56. The Morgan fingerprint density at radius 1 is 1.41 bits per heavy atom. The largest absolute Gasteiger partial charge is 0.424 e. The Bertz CT molecular complexity index is 514. The Hall–Kier alpha value is -1.30. The van der Waals surface area contributed by atoms with Crippen LogP contribution >= 0.6 is 11.6 Å². The molecule has 0 fully saturated rings. The number of aliphatic hydroxyl groups is 2. The summed E-state index contributed by atoms with van der Waals surface area (Å²) in [6, 6.07) is 5.03. The first-order chi connectivity index (χ1) is 8.11. The van der Waals surface area contributed by atoms with E-state index in [2.05, 4.69) is 4.98 Å². The number of hydrogen-bond donors (Lipinski definition) is 3. The van der Waals surface area contributed by atoms with Crippen molar-refractivity contribution in [1.29, 1.82) is 0 Å². The highest BCUT2D eigenvalue weighted by Gasteiger charge is 2.18. The summed E-state index contributed by atoms with van der Waals surface area (Å²) in [4.78, 5) is 3.95. The van der Waals surface area contributed by atoms with Gasteiger partial charge in [0.25, 0.3) is 6.01 Å². The second kappa shape index (κ2) is 4.91. The van der Waals surface area contributed by atoms with Gasteiger partial charge in [-0.15, -0.1) is 11.6 Å². The summed E-state index contributed by atoms with van der Waals surface area (Å²) in [7, 11) is 0. The summed E-state index contributed by atoms with van der Waals surface area (Å²) in [5.41, 5.74) is 7.08. The number of alkyl halides is 1. The molecule has 0 aliphatic heterocycles. The molecule has 1 aromatic carbocycles. The van der Waals surface area contributed by atoms with E-state index in [0.29, 0.717) is 23.1 Å². The molecule has 4 N–H and O–H groups in total. The van der Waals surface area contributed by atoms with E-state index in [1.54, 1.807) is 18.2 Å². The molecule has 0 bridgehead atoms. The molecule has 0 saturated heterocycles. The van der Waals surface area contributed by atoms with E-state index in [4.69, 9.17) is 21.8 Å². The first kappa shape index (κ1) is 12.2. The molecule has 0 spiro atoms. The number of nitrogens with zero attached hydrogens (tertiary/aromatic N) is 1. The van der Waals surface area contributed by atoms with Crippen LogP contribution in [0.25, 0.3) is 11.1 Å². The third-order valence-electron chi connectivity index (χ3n) is 2.54. The highest BCUT2D eigenvalue weighted by Crippen LogP contribution is 2.24. The molecule has 2 unspecified atom stereocenters. The molecule has 92 valence electrons. The number of anilines is 1. The molecule has 1 aromatic heterocycles. The quantitative estimate of drug-likeness (QED) is 0.720. The lowest BCUT2D eigenvalue weighted by Crippen LogP contribution is -2.18. The topological polar surface area (TPSA) is 92.5 Å².